The van der Waals surface area contributed by atoms with Gasteiger partial charge in [0.25, 0.3) is 0 Å². The van der Waals surface area contributed by atoms with Crippen molar-refractivity contribution in [3.05, 3.63) is 126 Å². The predicted octanol–water partition coefficient (Wildman–Crippen LogP) is 7.89. The second-order valence-electron chi connectivity index (χ2n) is 9.68. The zero-order valence-electron chi connectivity index (χ0n) is 21.4. The van der Waals surface area contributed by atoms with Gasteiger partial charge < -0.3 is 11.4 Å². The summed E-state index contributed by atoms with van der Waals surface area (Å²) in [6.07, 6.45) is -3.81. The molecule has 0 spiro atoms. The van der Waals surface area contributed by atoms with Crippen LogP contribution in [0.3, 0.4) is 0 Å². The third kappa shape index (κ3) is 5.18. The van der Waals surface area contributed by atoms with Crippen LogP contribution in [0.5, 0.6) is 17.2 Å². The maximum absolute atomic E-state index is 13.0. The summed E-state index contributed by atoms with van der Waals surface area (Å²) < 4.78 is 58.0. The van der Waals surface area contributed by atoms with Gasteiger partial charge in [-0.15, -0.1) is 0 Å². The SMILES string of the molecule is FC(F)(F)c1ccc(-c2ccc([O][Al]3[O]c4cccc5ccc(nc45)Cc4ccc5cccc(c5n4)[O]3)cc2)cc1. The largest absolute Gasteiger partial charge is 1.20 e. The Bertz CT molecular complexity index is 1810. The molecule has 7 rings (SSSR count). The lowest BCUT2D eigenvalue weighted by molar-refractivity contribution is -0.137. The van der Waals surface area contributed by atoms with Crippen molar-refractivity contribution < 1.29 is 24.5 Å². The molecule has 200 valence electrons. The van der Waals surface area contributed by atoms with Crippen molar-refractivity contribution in [3.8, 4) is 28.4 Å². The lowest BCUT2D eigenvalue weighted by Crippen LogP contribution is -2.37. The van der Waals surface area contributed by atoms with Crippen LogP contribution in [0.1, 0.15) is 17.0 Å². The molecule has 1 aliphatic rings. The molecule has 0 saturated carbocycles. The summed E-state index contributed by atoms with van der Waals surface area (Å²) in [6.45, 7) is 0. The molecule has 6 aromatic rings. The van der Waals surface area contributed by atoms with E-state index in [2.05, 4.69) is 0 Å². The number of fused-ring (bicyclic) bond motifs is 2. The van der Waals surface area contributed by atoms with E-state index in [0.717, 1.165) is 39.9 Å². The van der Waals surface area contributed by atoms with Gasteiger partial charge >= 0.3 is 21.3 Å². The topological polar surface area (TPSA) is 53.5 Å². The van der Waals surface area contributed by atoms with Crippen LogP contribution in [0.25, 0.3) is 32.9 Å². The number of benzene rings is 4. The van der Waals surface area contributed by atoms with Crippen molar-refractivity contribution in [2.45, 2.75) is 12.6 Å². The van der Waals surface area contributed by atoms with Crippen LogP contribution < -0.4 is 11.4 Å². The predicted molar refractivity (Wildman–Crippen MR) is 151 cm³/mol. The van der Waals surface area contributed by atoms with E-state index in [1.54, 1.807) is 24.3 Å². The van der Waals surface area contributed by atoms with Crippen molar-refractivity contribution >= 4 is 37.0 Å². The molecule has 0 aliphatic carbocycles. The van der Waals surface area contributed by atoms with Crippen molar-refractivity contribution in [1.82, 2.24) is 9.97 Å². The van der Waals surface area contributed by atoms with Crippen LogP contribution in [-0.2, 0) is 12.6 Å². The van der Waals surface area contributed by atoms with Crippen LogP contribution >= 0.6 is 0 Å². The van der Waals surface area contributed by atoms with Gasteiger partial charge in [-0.2, -0.15) is 13.2 Å². The first kappa shape index (κ1) is 25.4. The van der Waals surface area contributed by atoms with Gasteiger partial charge in [-0.05, 0) is 59.7 Å². The van der Waals surface area contributed by atoms with Crippen molar-refractivity contribution in [3.63, 3.8) is 0 Å². The molecule has 0 radical (unpaired) electrons. The third-order valence-electron chi connectivity index (χ3n) is 6.92. The summed E-state index contributed by atoms with van der Waals surface area (Å²) >= 11 is -2.95. The normalized spacial score (nSPS) is 13.0. The molecule has 0 fully saturated rings. The van der Waals surface area contributed by atoms with Gasteiger partial charge in [0.05, 0.1) is 11.3 Å². The Morgan fingerprint density at radius 1 is 0.610 bits per heavy atom. The summed E-state index contributed by atoms with van der Waals surface area (Å²) in [5.41, 5.74) is 3.90. The monoisotopic (exact) mass is 564 g/mol. The molecule has 4 aromatic carbocycles. The van der Waals surface area contributed by atoms with E-state index >= 15 is 0 Å². The minimum absolute atomic E-state index is 0.507. The van der Waals surface area contributed by atoms with E-state index in [1.807, 2.05) is 60.7 Å². The first-order valence-electron chi connectivity index (χ1n) is 12.9. The van der Waals surface area contributed by atoms with E-state index in [-0.39, 0.29) is 0 Å². The molecule has 4 bridgehead atoms. The molecule has 41 heavy (non-hydrogen) atoms. The summed E-state index contributed by atoms with van der Waals surface area (Å²) in [5.74, 6) is 1.63. The van der Waals surface area contributed by atoms with Gasteiger partial charge in [-0.25, -0.2) is 9.97 Å². The van der Waals surface area contributed by atoms with Crippen LogP contribution in [0, 0.1) is 0 Å². The average Bonchev–Trinajstić information content (AvgIpc) is 2.97. The minimum atomic E-state index is -4.38. The maximum atomic E-state index is 13.0. The van der Waals surface area contributed by atoms with E-state index in [4.69, 9.17) is 21.3 Å². The highest BCUT2D eigenvalue weighted by atomic mass is 27.3. The van der Waals surface area contributed by atoms with Gasteiger partial charge in [0, 0.05) is 28.6 Å². The number of para-hydroxylation sites is 2. The second kappa shape index (κ2) is 10.1. The Balaban J connectivity index is 1.24. The summed E-state index contributed by atoms with van der Waals surface area (Å²) in [4.78, 5) is 9.75. The van der Waals surface area contributed by atoms with E-state index in [1.165, 1.54) is 12.1 Å². The maximum Gasteiger partial charge on any atom is 1.20 e. The highest BCUT2D eigenvalue weighted by Crippen LogP contribution is 2.33. The molecule has 0 amide bonds. The number of pyridine rings is 2. The van der Waals surface area contributed by atoms with Crippen LogP contribution in [0.4, 0.5) is 13.2 Å². The number of nitrogens with zero attached hydrogens (tertiary/aromatic N) is 2. The third-order valence-corrected chi connectivity index (χ3v) is 8.28. The average molecular weight is 564 g/mol. The summed E-state index contributed by atoms with van der Waals surface area (Å²) in [7, 11) is 0. The summed E-state index contributed by atoms with van der Waals surface area (Å²) in [5, 5.41) is 1.86. The number of aromatic nitrogens is 2. The fourth-order valence-electron chi connectivity index (χ4n) is 4.86. The standard InChI is InChI=1S/C19H14N2O2.C13H9F3O.Al/c22-16-5-1-3-12-7-9-14(20-18(12)16)11-15-10-8-13-4-2-6-17(23)19(13)21-15;14-13(15,16)11-5-1-9(2-6-11)10-3-7-12(17)8-4-10;/h1-10,22-23H,11H2;1-8,17H;/q;;+3/p-3. The molecule has 1 aliphatic heterocycles. The zero-order valence-corrected chi connectivity index (χ0v) is 22.6. The molecule has 0 saturated heterocycles. The van der Waals surface area contributed by atoms with Gasteiger partial charge in [0.15, 0.2) is 0 Å². The first-order chi connectivity index (χ1) is 19.9. The Kier molecular flexibility index (Phi) is 6.26. The van der Waals surface area contributed by atoms with Crippen molar-refractivity contribution in [2.24, 2.45) is 0 Å². The Hall–Kier alpha value is -4.58. The molecular formula is C32H20AlF3N2O3. The van der Waals surface area contributed by atoms with Crippen molar-refractivity contribution in [2.75, 3.05) is 0 Å². The molecule has 0 N–H and O–H groups in total. The highest BCUT2D eigenvalue weighted by Gasteiger charge is 2.45. The van der Waals surface area contributed by atoms with E-state index in [9.17, 15) is 13.2 Å². The molecular weight excluding hydrogens is 544 g/mol. The fraction of sp³-hybridized carbons (Fsp3) is 0.0625. The Labute approximate surface area is 238 Å². The number of rotatable bonds is 3. The molecule has 0 unspecified atom stereocenters. The summed E-state index contributed by atoms with van der Waals surface area (Å²) in [6, 6.07) is 31.6. The lowest BCUT2D eigenvalue weighted by Gasteiger charge is -2.19. The molecule has 5 nitrogen and oxygen atoms in total. The van der Waals surface area contributed by atoms with Gasteiger partial charge in [-0.1, -0.05) is 60.7 Å². The Morgan fingerprint density at radius 3 is 1.63 bits per heavy atom. The van der Waals surface area contributed by atoms with E-state index in [0.29, 0.717) is 40.3 Å². The Morgan fingerprint density at radius 2 is 1.12 bits per heavy atom. The number of hydrogen-bond acceptors (Lipinski definition) is 5. The first-order valence-corrected chi connectivity index (χ1v) is 14.4. The highest BCUT2D eigenvalue weighted by molar-refractivity contribution is 6.40. The molecule has 0 atom stereocenters. The second-order valence-corrected chi connectivity index (χ2v) is 11.0. The number of hydrogen-bond donors (Lipinski definition) is 0. The zero-order chi connectivity index (χ0) is 28.0. The molecule has 9 heteroatoms. The molecule has 2 aromatic heterocycles. The fourth-order valence-corrected chi connectivity index (χ4v) is 6.18. The van der Waals surface area contributed by atoms with Gasteiger partial charge in [0.1, 0.15) is 22.5 Å². The van der Waals surface area contributed by atoms with Crippen molar-refractivity contribution in [1.29, 1.82) is 0 Å². The van der Waals surface area contributed by atoms with Crippen LogP contribution in [0.15, 0.2) is 109 Å². The number of alkyl halides is 3. The van der Waals surface area contributed by atoms with Crippen LogP contribution in [-0.4, -0.2) is 25.1 Å². The molecule has 3 heterocycles. The number of halogens is 3. The smallest absolute Gasteiger partial charge is 0.577 e. The van der Waals surface area contributed by atoms with Crippen LogP contribution in [0.2, 0.25) is 0 Å². The van der Waals surface area contributed by atoms with Gasteiger partial charge in [-0.3, -0.25) is 0 Å². The quantitative estimate of drug-likeness (QED) is 0.205. The van der Waals surface area contributed by atoms with Gasteiger partial charge in [0.2, 0.25) is 0 Å². The van der Waals surface area contributed by atoms with E-state index < -0.39 is 26.9 Å². The minimum Gasteiger partial charge on any atom is -0.577 e. The lowest BCUT2D eigenvalue weighted by atomic mass is 10.0.